The summed E-state index contributed by atoms with van der Waals surface area (Å²) in [6.07, 6.45) is 1.34. The molecule has 3 nitrogen and oxygen atoms in total. The summed E-state index contributed by atoms with van der Waals surface area (Å²) >= 11 is 0. The van der Waals surface area contributed by atoms with Gasteiger partial charge < -0.3 is 10.6 Å². The first-order chi connectivity index (χ1) is 8.03. The second-order valence-corrected chi connectivity index (χ2v) is 4.51. The molecule has 0 saturated carbocycles. The van der Waals surface area contributed by atoms with Crippen LogP contribution in [0.15, 0.2) is 30.3 Å². The minimum Gasteiger partial charge on any atom is -0.340 e. The third-order valence-electron chi connectivity index (χ3n) is 3.30. The van der Waals surface area contributed by atoms with Crippen molar-refractivity contribution in [3.8, 4) is 0 Å². The van der Waals surface area contributed by atoms with Crippen molar-refractivity contribution in [3.05, 3.63) is 35.9 Å². The van der Waals surface area contributed by atoms with Gasteiger partial charge in [0.05, 0.1) is 5.54 Å². The normalized spacial score (nSPS) is 11.3. The fourth-order valence-corrected chi connectivity index (χ4v) is 1.86. The van der Waals surface area contributed by atoms with Crippen molar-refractivity contribution in [2.75, 3.05) is 7.05 Å². The van der Waals surface area contributed by atoms with Gasteiger partial charge in [-0.1, -0.05) is 44.2 Å². The highest BCUT2D eigenvalue weighted by molar-refractivity contribution is 5.85. The molecule has 0 atom stereocenters. The summed E-state index contributed by atoms with van der Waals surface area (Å²) in [5, 5.41) is 0. The van der Waals surface area contributed by atoms with Crippen LogP contribution in [0, 0.1) is 0 Å². The summed E-state index contributed by atoms with van der Waals surface area (Å²) in [6.45, 7) is 4.52. The maximum Gasteiger partial charge on any atom is 0.242 e. The topological polar surface area (TPSA) is 46.3 Å². The molecule has 0 aliphatic carbocycles. The number of hydrogen-bond donors (Lipinski definition) is 1. The van der Waals surface area contributed by atoms with Crippen LogP contribution in [0.4, 0.5) is 0 Å². The van der Waals surface area contributed by atoms with Crippen LogP contribution >= 0.6 is 0 Å². The lowest BCUT2D eigenvalue weighted by Crippen LogP contribution is -2.53. The average molecular weight is 234 g/mol. The van der Waals surface area contributed by atoms with E-state index in [4.69, 9.17) is 5.73 Å². The number of likely N-dealkylation sites (N-methyl/N-ethyl adjacent to an activating group) is 1. The zero-order valence-corrected chi connectivity index (χ0v) is 10.9. The van der Waals surface area contributed by atoms with E-state index < -0.39 is 5.54 Å². The Morgan fingerprint density at radius 2 is 1.76 bits per heavy atom. The molecule has 1 aromatic carbocycles. The molecule has 0 aliphatic heterocycles. The summed E-state index contributed by atoms with van der Waals surface area (Å²) in [4.78, 5) is 13.9. The van der Waals surface area contributed by atoms with E-state index in [1.165, 1.54) is 0 Å². The Hall–Kier alpha value is -1.35. The first-order valence-electron chi connectivity index (χ1n) is 6.12. The summed E-state index contributed by atoms with van der Waals surface area (Å²) in [7, 11) is 1.81. The smallest absolute Gasteiger partial charge is 0.242 e. The van der Waals surface area contributed by atoms with Crippen molar-refractivity contribution in [3.63, 3.8) is 0 Å². The van der Waals surface area contributed by atoms with Crippen molar-refractivity contribution in [2.45, 2.75) is 38.8 Å². The van der Waals surface area contributed by atoms with Crippen LogP contribution in [0.5, 0.6) is 0 Å². The van der Waals surface area contributed by atoms with E-state index >= 15 is 0 Å². The molecule has 0 radical (unpaired) electrons. The van der Waals surface area contributed by atoms with Crippen molar-refractivity contribution >= 4 is 5.91 Å². The minimum absolute atomic E-state index is 0.0198. The molecule has 3 heteroatoms. The predicted octanol–water partition coefficient (Wildman–Crippen LogP) is 2.16. The number of benzene rings is 1. The van der Waals surface area contributed by atoms with Crippen molar-refractivity contribution in [2.24, 2.45) is 5.73 Å². The van der Waals surface area contributed by atoms with Gasteiger partial charge in [0.2, 0.25) is 5.91 Å². The lowest BCUT2D eigenvalue weighted by atomic mass is 9.92. The van der Waals surface area contributed by atoms with Crippen molar-refractivity contribution < 1.29 is 4.79 Å². The first kappa shape index (κ1) is 13.7. The third-order valence-corrected chi connectivity index (χ3v) is 3.30. The molecule has 0 aromatic heterocycles. The minimum atomic E-state index is -0.719. The highest BCUT2D eigenvalue weighted by Gasteiger charge is 2.32. The summed E-state index contributed by atoms with van der Waals surface area (Å²) in [5.41, 5.74) is 6.51. The van der Waals surface area contributed by atoms with E-state index in [2.05, 4.69) is 0 Å². The Labute approximate surface area is 104 Å². The highest BCUT2D eigenvalue weighted by atomic mass is 16.2. The quantitative estimate of drug-likeness (QED) is 0.848. The zero-order valence-electron chi connectivity index (χ0n) is 10.9. The van der Waals surface area contributed by atoms with Gasteiger partial charge in [-0.25, -0.2) is 0 Å². The molecule has 94 valence electrons. The summed E-state index contributed by atoms with van der Waals surface area (Å²) in [5.74, 6) is 0.0198. The van der Waals surface area contributed by atoms with Crippen LogP contribution in [0.1, 0.15) is 32.3 Å². The molecule has 0 spiro atoms. The summed E-state index contributed by atoms with van der Waals surface area (Å²) in [6, 6.07) is 9.95. The fraction of sp³-hybridized carbons (Fsp3) is 0.500. The predicted molar refractivity (Wildman–Crippen MR) is 70.4 cm³/mol. The molecule has 0 fully saturated rings. The lowest BCUT2D eigenvalue weighted by Gasteiger charge is -2.30. The second-order valence-electron chi connectivity index (χ2n) is 4.51. The largest absolute Gasteiger partial charge is 0.340 e. The monoisotopic (exact) mass is 234 g/mol. The van der Waals surface area contributed by atoms with Crippen LogP contribution < -0.4 is 5.73 Å². The number of rotatable bonds is 5. The molecule has 2 N–H and O–H groups in total. The van der Waals surface area contributed by atoms with E-state index in [-0.39, 0.29) is 5.91 Å². The van der Waals surface area contributed by atoms with E-state index in [1.54, 1.807) is 4.90 Å². The Morgan fingerprint density at radius 1 is 1.24 bits per heavy atom. The van der Waals surface area contributed by atoms with Crippen LogP contribution in [0.2, 0.25) is 0 Å². The van der Waals surface area contributed by atoms with Crippen molar-refractivity contribution in [1.82, 2.24) is 4.90 Å². The van der Waals surface area contributed by atoms with Crippen LogP contribution in [0.3, 0.4) is 0 Å². The third kappa shape index (κ3) is 3.30. The van der Waals surface area contributed by atoms with E-state index in [9.17, 15) is 4.79 Å². The van der Waals surface area contributed by atoms with Crippen LogP contribution in [-0.4, -0.2) is 23.4 Å². The number of amides is 1. The molecule has 1 amide bonds. The number of carbonyl (C=O) groups excluding carboxylic acids is 1. The Kier molecular flexibility index (Phi) is 4.70. The van der Waals surface area contributed by atoms with Gasteiger partial charge in [0.1, 0.15) is 0 Å². The van der Waals surface area contributed by atoms with Crippen LogP contribution in [0.25, 0.3) is 0 Å². The fourth-order valence-electron chi connectivity index (χ4n) is 1.86. The molecule has 0 aliphatic rings. The molecule has 1 rings (SSSR count). The van der Waals surface area contributed by atoms with Gasteiger partial charge >= 0.3 is 0 Å². The molecule has 0 bridgehead atoms. The van der Waals surface area contributed by atoms with Gasteiger partial charge in [0.25, 0.3) is 0 Å². The number of nitrogens with two attached hydrogens (primary N) is 1. The average Bonchev–Trinajstić information content (AvgIpc) is 2.38. The molecule has 0 heterocycles. The Balaban J connectivity index is 2.71. The second kappa shape index (κ2) is 5.82. The van der Waals surface area contributed by atoms with Gasteiger partial charge in [-0.2, -0.15) is 0 Å². The van der Waals surface area contributed by atoms with E-state index in [1.807, 2.05) is 51.2 Å². The highest BCUT2D eigenvalue weighted by Crippen LogP contribution is 2.16. The molecule has 0 unspecified atom stereocenters. The molecule has 1 aromatic rings. The number of carbonyl (C=O) groups is 1. The van der Waals surface area contributed by atoms with E-state index in [0.717, 1.165) is 5.56 Å². The van der Waals surface area contributed by atoms with Gasteiger partial charge in [-0.3, -0.25) is 4.79 Å². The molecule has 0 saturated heterocycles. The number of nitrogens with zero attached hydrogens (tertiary/aromatic N) is 1. The molecular weight excluding hydrogens is 212 g/mol. The van der Waals surface area contributed by atoms with Gasteiger partial charge in [0.15, 0.2) is 0 Å². The maximum atomic E-state index is 12.2. The van der Waals surface area contributed by atoms with Gasteiger partial charge in [-0.15, -0.1) is 0 Å². The standard InChI is InChI=1S/C14H22N2O/c1-4-14(15,5-2)13(17)16(3)11-12-9-7-6-8-10-12/h6-10H,4-5,11,15H2,1-3H3. The van der Waals surface area contributed by atoms with Gasteiger partial charge in [-0.05, 0) is 18.4 Å². The Morgan fingerprint density at radius 3 is 2.24 bits per heavy atom. The number of hydrogen-bond acceptors (Lipinski definition) is 2. The zero-order chi connectivity index (χ0) is 12.9. The summed E-state index contributed by atoms with van der Waals surface area (Å²) < 4.78 is 0. The molecule has 17 heavy (non-hydrogen) atoms. The SMILES string of the molecule is CCC(N)(CC)C(=O)N(C)Cc1ccccc1. The Bertz CT molecular complexity index is 358. The maximum absolute atomic E-state index is 12.2. The lowest BCUT2D eigenvalue weighted by molar-refractivity contribution is -0.136. The van der Waals surface area contributed by atoms with Crippen LogP contribution in [-0.2, 0) is 11.3 Å². The first-order valence-corrected chi connectivity index (χ1v) is 6.12. The van der Waals surface area contributed by atoms with E-state index in [0.29, 0.717) is 19.4 Å². The van der Waals surface area contributed by atoms with Crippen molar-refractivity contribution in [1.29, 1.82) is 0 Å². The molecular formula is C14H22N2O. The van der Waals surface area contributed by atoms with Gasteiger partial charge in [0, 0.05) is 13.6 Å².